The first-order chi connectivity index (χ1) is 15.5. The molecule has 0 N–H and O–H groups in total. The zero-order valence-electron chi connectivity index (χ0n) is 17.5. The SMILES string of the molecule is COC(=O)C1=C(C)N(c2ccccc2F)C(=O)/C1=C\c1cccc(Oc2ccccc2)c1. The number of nitrogens with zero attached hydrogens (tertiary/aromatic N) is 1. The fourth-order valence-electron chi connectivity index (χ4n) is 3.56. The van der Waals surface area contributed by atoms with Gasteiger partial charge in [0.05, 0.1) is 23.9 Å². The summed E-state index contributed by atoms with van der Waals surface area (Å²) < 4.78 is 25.2. The molecule has 1 amide bonds. The molecule has 0 radical (unpaired) electrons. The Kier molecular flexibility index (Phi) is 5.85. The van der Waals surface area contributed by atoms with Crippen LogP contribution in [-0.4, -0.2) is 19.0 Å². The van der Waals surface area contributed by atoms with E-state index in [1.54, 1.807) is 43.3 Å². The lowest BCUT2D eigenvalue weighted by atomic mass is 10.0. The van der Waals surface area contributed by atoms with Gasteiger partial charge >= 0.3 is 5.97 Å². The van der Waals surface area contributed by atoms with Crippen LogP contribution in [0.1, 0.15) is 12.5 Å². The first kappa shape index (κ1) is 21.1. The number of carbonyl (C=O) groups excluding carboxylic acids is 2. The van der Waals surface area contributed by atoms with Crippen LogP contribution in [0.4, 0.5) is 10.1 Å². The number of allylic oxidation sites excluding steroid dienone is 1. The number of carbonyl (C=O) groups is 2. The van der Waals surface area contributed by atoms with Crippen LogP contribution in [0, 0.1) is 5.82 Å². The first-order valence-electron chi connectivity index (χ1n) is 9.93. The number of halogens is 1. The van der Waals surface area contributed by atoms with E-state index in [2.05, 4.69) is 0 Å². The largest absolute Gasteiger partial charge is 0.465 e. The molecule has 160 valence electrons. The number of para-hydroxylation sites is 2. The van der Waals surface area contributed by atoms with Crippen LogP contribution in [0.2, 0.25) is 0 Å². The molecule has 0 aromatic heterocycles. The van der Waals surface area contributed by atoms with Gasteiger partial charge in [-0.1, -0.05) is 42.5 Å². The monoisotopic (exact) mass is 429 g/mol. The van der Waals surface area contributed by atoms with Crippen LogP contribution < -0.4 is 9.64 Å². The number of hydrogen-bond donors (Lipinski definition) is 0. The van der Waals surface area contributed by atoms with Crippen molar-refractivity contribution in [1.29, 1.82) is 0 Å². The minimum atomic E-state index is -0.669. The molecule has 3 aromatic rings. The fraction of sp³-hybridized carbons (Fsp3) is 0.0769. The predicted octanol–water partition coefficient (Wildman–Crippen LogP) is 5.50. The number of hydrogen-bond acceptors (Lipinski definition) is 4. The van der Waals surface area contributed by atoms with Crippen LogP contribution in [0.5, 0.6) is 11.5 Å². The van der Waals surface area contributed by atoms with E-state index in [0.717, 1.165) is 0 Å². The van der Waals surface area contributed by atoms with Gasteiger partial charge in [0.25, 0.3) is 5.91 Å². The maximum atomic E-state index is 14.4. The van der Waals surface area contributed by atoms with Gasteiger partial charge in [-0.15, -0.1) is 0 Å². The quantitative estimate of drug-likeness (QED) is 0.397. The van der Waals surface area contributed by atoms with E-state index < -0.39 is 17.7 Å². The molecule has 0 atom stereocenters. The van der Waals surface area contributed by atoms with Crippen molar-refractivity contribution >= 4 is 23.6 Å². The van der Waals surface area contributed by atoms with Crippen molar-refractivity contribution in [3.05, 3.63) is 107 Å². The standard InChI is InChI=1S/C26H20FNO4/c1-17-24(26(30)31-2)21(25(29)28(17)23-14-7-6-13-22(23)27)16-18-9-8-12-20(15-18)32-19-10-4-3-5-11-19/h3-16H,1-2H3/b21-16-. The first-order valence-corrected chi connectivity index (χ1v) is 9.93. The summed E-state index contributed by atoms with van der Waals surface area (Å²) >= 11 is 0. The van der Waals surface area contributed by atoms with Gasteiger partial charge in [0.1, 0.15) is 17.3 Å². The number of amides is 1. The van der Waals surface area contributed by atoms with Gasteiger partial charge in [0.15, 0.2) is 0 Å². The van der Waals surface area contributed by atoms with Crippen LogP contribution in [-0.2, 0) is 14.3 Å². The molecule has 0 fully saturated rings. The molecule has 32 heavy (non-hydrogen) atoms. The highest BCUT2D eigenvalue weighted by Gasteiger charge is 2.38. The molecule has 0 saturated heterocycles. The van der Waals surface area contributed by atoms with Gasteiger partial charge < -0.3 is 9.47 Å². The third-order valence-corrected chi connectivity index (χ3v) is 5.03. The Morgan fingerprint density at radius 3 is 2.34 bits per heavy atom. The van der Waals surface area contributed by atoms with Gasteiger partial charge in [-0.25, -0.2) is 9.18 Å². The molecule has 1 aliphatic heterocycles. The zero-order valence-corrected chi connectivity index (χ0v) is 17.5. The van der Waals surface area contributed by atoms with Crippen molar-refractivity contribution in [3.63, 3.8) is 0 Å². The Morgan fingerprint density at radius 2 is 1.62 bits per heavy atom. The summed E-state index contributed by atoms with van der Waals surface area (Å²) in [7, 11) is 1.24. The molecule has 1 heterocycles. The van der Waals surface area contributed by atoms with Gasteiger partial charge in [-0.2, -0.15) is 0 Å². The molecule has 5 nitrogen and oxygen atoms in total. The highest BCUT2D eigenvalue weighted by Crippen LogP contribution is 2.36. The van der Waals surface area contributed by atoms with E-state index in [1.165, 1.54) is 30.2 Å². The lowest BCUT2D eigenvalue weighted by Crippen LogP contribution is -2.25. The summed E-state index contributed by atoms with van der Waals surface area (Å²) in [6.45, 7) is 1.59. The highest BCUT2D eigenvalue weighted by molar-refractivity contribution is 6.23. The number of anilines is 1. The van der Waals surface area contributed by atoms with Gasteiger partial charge in [0, 0.05) is 5.70 Å². The van der Waals surface area contributed by atoms with Crippen LogP contribution >= 0.6 is 0 Å². The molecule has 0 aliphatic carbocycles. The summed E-state index contributed by atoms with van der Waals surface area (Å²) in [5.74, 6) is -0.503. The molecule has 1 aliphatic rings. The fourth-order valence-corrected chi connectivity index (χ4v) is 3.56. The Bertz CT molecular complexity index is 1250. The van der Waals surface area contributed by atoms with E-state index in [-0.39, 0.29) is 16.8 Å². The number of ether oxygens (including phenoxy) is 2. The van der Waals surface area contributed by atoms with E-state index >= 15 is 0 Å². The maximum Gasteiger partial charge on any atom is 0.340 e. The van der Waals surface area contributed by atoms with Crippen LogP contribution in [0.15, 0.2) is 95.7 Å². The Hall–Kier alpha value is -4.19. The number of esters is 1. The summed E-state index contributed by atoms with van der Waals surface area (Å²) in [6.07, 6.45) is 1.58. The maximum absolute atomic E-state index is 14.4. The normalized spacial score (nSPS) is 14.8. The molecule has 6 heteroatoms. The summed E-state index contributed by atoms with van der Waals surface area (Å²) in [4.78, 5) is 27.0. The number of benzene rings is 3. The molecule has 0 spiro atoms. The summed E-state index contributed by atoms with van der Waals surface area (Å²) in [6, 6.07) is 22.3. The van der Waals surface area contributed by atoms with Crippen molar-refractivity contribution in [2.75, 3.05) is 12.0 Å². The number of methoxy groups -OCH3 is 1. The van der Waals surface area contributed by atoms with Crippen LogP contribution in [0.25, 0.3) is 6.08 Å². The molecular formula is C26H20FNO4. The molecule has 0 unspecified atom stereocenters. The third-order valence-electron chi connectivity index (χ3n) is 5.03. The molecule has 0 saturated carbocycles. The highest BCUT2D eigenvalue weighted by atomic mass is 19.1. The smallest absolute Gasteiger partial charge is 0.340 e. The summed E-state index contributed by atoms with van der Waals surface area (Å²) in [5, 5.41) is 0. The van der Waals surface area contributed by atoms with Crippen molar-refractivity contribution < 1.29 is 23.5 Å². The van der Waals surface area contributed by atoms with Crippen molar-refractivity contribution in [2.45, 2.75) is 6.92 Å². The Labute approximate surface area is 185 Å². The average Bonchev–Trinajstić information content (AvgIpc) is 3.04. The van der Waals surface area contributed by atoms with Crippen molar-refractivity contribution in [1.82, 2.24) is 0 Å². The van der Waals surface area contributed by atoms with E-state index in [0.29, 0.717) is 22.8 Å². The van der Waals surface area contributed by atoms with Gasteiger partial charge in [0.2, 0.25) is 0 Å². The topological polar surface area (TPSA) is 55.8 Å². The molecule has 0 bridgehead atoms. The number of rotatable bonds is 5. The third kappa shape index (κ3) is 4.03. The summed E-state index contributed by atoms with van der Waals surface area (Å²) in [5.41, 5.74) is 1.23. The lowest BCUT2D eigenvalue weighted by Gasteiger charge is -2.18. The predicted molar refractivity (Wildman–Crippen MR) is 120 cm³/mol. The Morgan fingerprint density at radius 1 is 0.938 bits per heavy atom. The second-order valence-corrected chi connectivity index (χ2v) is 7.09. The van der Waals surface area contributed by atoms with Crippen molar-refractivity contribution in [2.24, 2.45) is 0 Å². The Balaban J connectivity index is 1.75. The van der Waals surface area contributed by atoms with E-state index in [4.69, 9.17) is 9.47 Å². The van der Waals surface area contributed by atoms with Gasteiger partial charge in [-0.05, 0) is 55.0 Å². The molecule has 3 aromatic carbocycles. The minimum absolute atomic E-state index is 0.0703. The molecule has 4 rings (SSSR count). The van der Waals surface area contributed by atoms with Crippen LogP contribution in [0.3, 0.4) is 0 Å². The van der Waals surface area contributed by atoms with E-state index in [9.17, 15) is 14.0 Å². The zero-order chi connectivity index (χ0) is 22.7. The van der Waals surface area contributed by atoms with Crippen molar-refractivity contribution in [3.8, 4) is 11.5 Å². The van der Waals surface area contributed by atoms with E-state index in [1.807, 2.05) is 30.3 Å². The lowest BCUT2D eigenvalue weighted by molar-refractivity contribution is -0.136. The van der Waals surface area contributed by atoms with Gasteiger partial charge in [-0.3, -0.25) is 9.69 Å². The second kappa shape index (κ2) is 8.89. The molecular weight excluding hydrogens is 409 g/mol. The second-order valence-electron chi connectivity index (χ2n) is 7.09. The average molecular weight is 429 g/mol. The minimum Gasteiger partial charge on any atom is -0.465 e.